The van der Waals surface area contributed by atoms with Crippen LogP contribution in [0.15, 0.2) is 48.5 Å². The third kappa shape index (κ3) is 4.53. The normalized spacial score (nSPS) is 12.1. The average Bonchev–Trinajstić information content (AvgIpc) is 3.04. The van der Waals surface area contributed by atoms with Gasteiger partial charge in [0, 0.05) is 16.7 Å². The van der Waals surface area contributed by atoms with E-state index in [1.54, 1.807) is 0 Å². The van der Waals surface area contributed by atoms with Gasteiger partial charge in [0.25, 0.3) is 6.47 Å². The molecule has 2 aromatic carbocycles. The molecule has 11 heteroatoms. The highest BCUT2D eigenvalue weighted by Gasteiger charge is 2.37. The summed E-state index contributed by atoms with van der Waals surface area (Å²) in [6, 6.07) is 8.07. The van der Waals surface area contributed by atoms with Crippen molar-refractivity contribution in [2.24, 2.45) is 0 Å². The molecule has 0 N–H and O–H groups in total. The van der Waals surface area contributed by atoms with Crippen LogP contribution in [0.4, 0.5) is 26.3 Å². The van der Waals surface area contributed by atoms with Gasteiger partial charge in [0.1, 0.15) is 0 Å². The standard InChI is InChI=1S/C18H9ClF6N2O2/c19-13-2-1-3-14(7-13)27-15(8-16(26-27)29-9-28)10-4-11(17(20,21)22)6-12(5-10)18(23,24)25/h1-9H. The van der Waals surface area contributed by atoms with Crippen molar-refractivity contribution in [2.75, 3.05) is 0 Å². The number of carbonyl (C=O) groups excluding carboxylic acids is 1. The van der Waals surface area contributed by atoms with Gasteiger partial charge in [-0.2, -0.15) is 26.3 Å². The van der Waals surface area contributed by atoms with E-state index in [1.165, 1.54) is 24.3 Å². The van der Waals surface area contributed by atoms with Gasteiger partial charge in [0.05, 0.1) is 22.5 Å². The molecule has 0 fully saturated rings. The van der Waals surface area contributed by atoms with Gasteiger partial charge in [-0.3, -0.25) is 4.79 Å². The lowest BCUT2D eigenvalue weighted by Crippen LogP contribution is -2.11. The topological polar surface area (TPSA) is 44.1 Å². The zero-order valence-electron chi connectivity index (χ0n) is 14.1. The summed E-state index contributed by atoms with van der Waals surface area (Å²) in [6.07, 6.45) is -10.0. The molecule has 1 heterocycles. The third-order valence-corrected chi connectivity index (χ3v) is 4.03. The summed E-state index contributed by atoms with van der Waals surface area (Å²) in [5.74, 6) is -0.319. The first-order valence-corrected chi connectivity index (χ1v) is 8.13. The summed E-state index contributed by atoms with van der Waals surface area (Å²) in [5.41, 5.74) is -3.33. The van der Waals surface area contributed by atoms with Crippen molar-refractivity contribution in [1.82, 2.24) is 9.78 Å². The van der Waals surface area contributed by atoms with Crippen molar-refractivity contribution < 1.29 is 35.9 Å². The van der Waals surface area contributed by atoms with Gasteiger partial charge < -0.3 is 4.74 Å². The van der Waals surface area contributed by atoms with Gasteiger partial charge in [-0.25, -0.2) is 4.68 Å². The van der Waals surface area contributed by atoms with E-state index in [-0.39, 0.29) is 34.8 Å². The van der Waals surface area contributed by atoms with Crippen LogP contribution in [-0.2, 0) is 17.1 Å². The Hall–Kier alpha value is -3.01. The number of alkyl halides is 6. The molecule has 0 aliphatic rings. The molecule has 0 bridgehead atoms. The Kier molecular flexibility index (Phi) is 5.31. The summed E-state index contributed by atoms with van der Waals surface area (Å²) < 4.78 is 84.7. The number of rotatable bonds is 4. The van der Waals surface area contributed by atoms with Gasteiger partial charge in [-0.05, 0) is 36.4 Å². The number of hydrogen-bond acceptors (Lipinski definition) is 3. The molecule has 4 nitrogen and oxygen atoms in total. The Bertz CT molecular complexity index is 1030. The minimum absolute atomic E-state index is 0.0203. The number of benzene rings is 2. The number of hydrogen-bond donors (Lipinski definition) is 0. The van der Waals surface area contributed by atoms with Gasteiger partial charge in [-0.1, -0.05) is 17.7 Å². The van der Waals surface area contributed by atoms with Crippen molar-refractivity contribution >= 4 is 18.1 Å². The Morgan fingerprint density at radius 2 is 1.55 bits per heavy atom. The Balaban J connectivity index is 2.28. The van der Waals surface area contributed by atoms with E-state index in [4.69, 9.17) is 11.6 Å². The second kappa shape index (κ2) is 7.43. The summed E-state index contributed by atoms with van der Waals surface area (Å²) in [7, 11) is 0. The first kappa shape index (κ1) is 20.7. The molecule has 0 aliphatic carbocycles. The van der Waals surface area contributed by atoms with Crippen LogP contribution >= 0.6 is 11.6 Å². The van der Waals surface area contributed by atoms with Crippen molar-refractivity contribution in [3.05, 3.63) is 64.7 Å². The van der Waals surface area contributed by atoms with Crippen molar-refractivity contribution in [3.63, 3.8) is 0 Å². The quantitative estimate of drug-likeness (QED) is 0.387. The smallest absolute Gasteiger partial charge is 0.408 e. The molecule has 1 aromatic heterocycles. The first-order valence-electron chi connectivity index (χ1n) is 7.75. The maximum atomic E-state index is 13.2. The SMILES string of the molecule is O=COc1cc(-c2cc(C(F)(F)F)cc(C(F)(F)F)c2)n(-c2cccc(Cl)c2)n1. The highest BCUT2D eigenvalue weighted by molar-refractivity contribution is 6.30. The van der Waals surface area contributed by atoms with Gasteiger partial charge in [0.2, 0.25) is 5.88 Å². The summed E-state index contributed by atoms with van der Waals surface area (Å²) in [6.45, 7) is 0.0295. The molecular formula is C18H9ClF6N2O2. The molecule has 0 unspecified atom stereocenters. The fraction of sp³-hybridized carbons (Fsp3) is 0.111. The third-order valence-electron chi connectivity index (χ3n) is 3.79. The minimum Gasteiger partial charge on any atom is -0.408 e. The molecule has 3 rings (SSSR count). The fourth-order valence-electron chi connectivity index (χ4n) is 2.58. The zero-order valence-corrected chi connectivity index (χ0v) is 14.8. The Labute approximate surface area is 164 Å². The predicted octanol–water partition coefficient (Wildman–Crippen LogP) is 5.77. The maximum absolute atomic E-state index is 13.2. The van der Waals surface area contributed by atoms with E-state index in [9.17, 15) is 31.1 Å². The van der Waals surface area contributed by atoms with E-state index in [0.717, 1.165) is 10.7 Å². The molecule has 0 aliphatic heterocycles. The molecule has 0 saturated carbocycles. The average molecular weight is 435 g/mol. The van der Waals surface area contributed by atoms with Gasteiger partial charge in [0.15, 0.2) is 0 Å². The lowest BCUT2D eigenvalue weighted by atomic mass is 10.0. The molecule has 3 aromatic rings. The number of aromatic nitrogens is 2. The molecule has 152 valence electrons. The van der Waals surface area contributed by atoms with Crippen molar-refractivity contribution in [2.45, 2.75) is 12.4 Å². The molecular weight excluding hydrogens is 426 g/mol. The summed E-state index contributed by atoms with van der Waals surface area (Å²) >= 11 is 5.91. The lowest BCUT2D eigenvalue weighted by Gasteiger charge is -2.15. The molecule has 0 amide bonds. The van der Waals surface area contributed by atoms with Crippen LogP contribution in [-0.4, -0.2) is 16.3 Å². The van der Waals surface area contributed by atoms with Crippen LogP contribution in [0.2, 0.25) is 5.02 Å². The van der Waals surface area contributed by atoms with E-state index in [0.29, 0.717) is 12.1 Å². The highest BCUT2D eigenvalue weighted by atomic mass is 35.5. The second-order valence-electron chi connectivity index (χ2n) is 5.77. The van der Waals surface area contributed by atoms with E-state index < -0.39 is 29.0 Å². The van der Waals surface area contributed by atoms with Crippen LogP contribution in [0.5, 0.6) is 5.88 Å². The molecule has 0 radical (unpaired) electrons. The van der Waals surface area contributed by atoms with Crippen molar-refractivity contribution in [1.29, 1.82) is 0 Å². The lowest BCUT2D eigenvalue weighted by molar-refractivity contribution is -0.143. The Morgan fingerprint density at radius 1 is 0.931 bits per heavy atom. The summed E-state index contributed by atoms with van der Waals surface area (Å²) in [4.78, 5) is 10.6. The van der Waals surface area contributed by atoms with E-state index >= 15 is 0 Å². The van der Waals surface area contributed by atoms with E-state index in [2.05, 4.69) is 9.84 Å². The summed E-state index contributed by atoms with van der Waals surface area (Å²) in [5, 5.41) is 4.17. The molecule has 0 saturated heterocycles. The predicted molar refractivity (Wildman–Crippen MR) is 90.7 cm³/mol. The zero-order chi connectivity index (χ0) is 21.4. The van der Waals surface area contributed by atoms with Gasteiger partial charge >= 0.3 is 12.4 Å². The van der Waals surface area contributed by atoms with Crippen LogP contribution in [0.25, 0.3) is 16.9 Å². The fourth-order valence-corrected chi connectivity index (χ4v) is 2.76. The molecule has 0 spiro atoms. The largest absolute Gasteiger partial charge is 0.416 e. The van der Waals surface area contributed by atoms with Crippen LogP contribution in [0.3, 0.4) is 0 Å². The molecule has 29 heavy (non-hydrogen) atoms. The number of nitrogens with zero attached hydrogens (tertiary/aromatic N) is 2. The number of halogens is 7. The maximum Gasteiger partial charge on any atom is 0.416 e. The number of ether oxygens (including phenoxy) is 1. The first-order chi connectivity index (χ1) is 13.5. The molecule has 0 atom stereocenters. The Morgan fingerprint density at radius 3 is 2.07 bits per heavy atom. The van der Waals surface area contributed by atoms with Crippen molar-refractivity contribution in [3.8, 4) is 22.8 Å². The van der Waals surface area contributed by atoms with Crippen LogP contribution < -0.4 is 4.74 Å². The van der Waals surface area contributed by atoms with E-state index in [1.807, 2.05) is 0 Å². The minimum atomic E-state index is -5.01. The van der Waals surface area contributed by atoms with Gasteiger partial charge in [-0.15, -0.1) is 5.10 Å². The van der Waals surface area contributed by atoms with Crippen LogP contribution in [0, 0.1) is 0 Å². The highest BCUT2D eigenvalue weighted by Crippen LogP contribution is 2.39. The van der Waals surface area contributed by atoms with Crippen LogP contribution in [0.1, 0.15) is 11.1 Å². The monoisotopic (exact) mass is 434 g/mol. The second-order valence-corrected chi connectivity index (χ2v) is 6.20. The number of carbonyl (C=O) groups is 1.